The minimum Gasteiger partial charge on any atom is -0.465 e. The summed E-state index contributed by atoms with van der Waals surface area (Å²) in [5.41, 5.74) is 14.9. The van der Waals surface area contributed by atoms with Crippen molar-refractivity contribution in [2.75, 3.05) is 29.9 Å². The second-order valence-electron chi connectivity index (χ2n) is 8.23. The van der Waals surface area contributed by atoms with Crippen molar-refractivity contribution in [2.45, 2.75) is 23.0 Å². The molecule has 1 aliphatic heterocycles. The molecule has 35 heavy (non-hydrogen) atoms. The van der Waals surface area contributed by atoms with Gasteiger partial charge in [0.15, 0.2) is 9.84 Å². The molecule has 11 heteroatoms. The SMILES string of the molecule is Nc1ccc(/C=C/c2cnc(Nc3ccc(S(=O)(=O)C4CCN(C(=O)O)CC4)cc3)nc2)cc1N. The van der Waals surface area contributed by atoms with E-state index < -0.39 is 21.2 Å². The van der Waals surface area contributed by atoms with Crippen LogP contribution in [0, 0.1) is 0 Å². The van der Waals surface area contributed by atoms with Crippen molar-refractivity contribution in [1.82, 2.24) is 14.9 Å². The van der Waals surface area contributed by atoms with Gasteiger partial charge in [0.25, 0.3) is 0 Å². The smallest absolute Gasteiger partial charge is 0.407 e. The highest BCUT2D eigenvalue weighted by Gasteiger charge is 2.32. The summed E-state index contributed by atoms with van der Waals surface area (Å²) in [4.78, 5) is 21.1. The summed E-state index contributed by atoms with van der Waals surface area (Å²) in [7, 11) is -3.54. The van der Waals surface area contributed by atoms with E-state index in [9.17, 15) is 13.2 Å². The average molecular weight is 495 g/mol. The highest BCUT2D eigenvalue weighted by atomic mass is 32.2. The zero-order chi connectivity index (χ0) is 25.0. The topological polar surface area (TPSA) is 165 Å². The summed E-state index contributed by atoms with van der Waals surface area (Å²) >= 11 is 0. The Morgan fingerprint density at radius 2 is 1.60 bits per heavy atom. The van der Waals surface area contributed by atoms with Crippen LogP contribution in [0.5, 0.6) is 0 Å². The third-order valence-corrected chi connectivity index (χ3v) is 8.12. The first-order chi connectivity index (χ1) is 16.7. The van der Waals surface area contributed by atoms with Crippen LogP contribution in [0.2, 0.25) is 0 Å². The number of nitrogens with zero attached hydrogens (tertiary/aromatic N) is 3. The third-order valence-electron chi connectivity index (χ3n) is 5.84. The number of piperidine rings is 1. The fourth-order valence-electron chi connectivity index (χ4n) is 3.78. The zero-order valence-corrected chi connectivity index (χ0v) is 19.6. The molecule has 0 spiro atoms. The van der Waals surface area contributed by atoms with Crippen LogP contribution in [0.15, 0.2) is 59.8 Å². The summed E-state index contributed by atoms with van der Waals surface area (Å²) in [6, 6.07) is 11.8. The highest BCUT2D eigenvalue weighted by Crippen LogP contribution is 2.26. The molecule has 0 radical (unpaired) electrons. The minimum absolute atomic E-state index is 0.210. The van der Waals surface area contributed by atoms with Crippen molar-refractivity contribution in [2.24, 2.45) is 0 Å². The number of hydrogen-bond acceptors (Lipinski definition) is 8. The predicted octanol–water partition coefficient (Wildman–Crippen LogP) is 3.47. The molecule has 0 aliphatic carbocycles. The Labute approximate surface area is 203 Å². The van der Waals surface area contributed by atoms with Gasteiger partial charge in [-0.15, -0.1) is 0 Å². The van der Waals surface area contributed by atoms with E-state index in [1.807, 2.05) is 18.2 Å². The Morgan fingerprint density at radius 1 is 0.971 bits per heavy atom. The molecule has 1 saturated heterocycles. The second-order valence-corrected chi connectivity index (χ2v) is 10.5. The summed E-state index contributed by atoms with van der Waals surface area (Å²) in [5, 5.41) is 11.5. The van der Waals surface area contributed by atoms with Gasteiger partial charge in [-0.05, 0) is 54.8 Å². The second kappa shape index (κ2) is 10.0. The molecule has 1 fully saturated rings. The summed E-state index contributed by atoms with van der Waals surface area (Å²) in [5.74, 6) is 0.371. The van der Waals surface area contributed by atoms with Gasteiger partial charge >= 0.3 is 6.09 Å². The fraction of sp³-hybridized carbons (Fsp3) is 0.208. The molecule has 2 heterocycles. The first kappa shape index (κ1) is 24.0. The molecule has 1 amide bonds. The number of benzene rings is 2. The Morgan fingerprint density at radius 3 is 2.20 bits per heavy atom. The molecule has 1 aliphatic rings. The lowest BCUT2D eigenvalue weighted by Gasteiger charge is -2.29. The van der Waals surface area contributed by atoms with Crippen LogP contribution in [-0.4, -0.2) is 52.8 Å². The molecular weight excluding hydrogens is 468 g/mol. The maximum atomic E-state index is 12.9. The fourth-order valence-corrected chi connectivity index (χ4v) is 5.52. The number of anilines is 4. The normalized spacial score (nSPS) is 14.8. The van der Waals surface area contributed by atoms with E-state index in [0.29, 0.717) is 23.0 Å². The number of hydrogen-bond donors (Lipinski definition) is 4. The third kappa shape index (κ3) is 5.69. The number of nitrogens with one attached hydrogen (secondary N) is 1. The molecule has 0 saturated carbocycles. The monoisotopic (exact) mass is 494 g/mol. The van der Waals surface area contributed by atoms with E-state index in [-0.39, 0.29) is 30.8 Å². The number of aromatic nitrogens is 2. The Balaban J connectivity index is 1.37. The van der Waals surface area contributed by atoms with Gasteiger partial charge in [0, 0.05) is 36.7 Å². The van der Waals surface area contributed by atoms with Gasteiger partial charge in [-0.2, -0.15) is 0 Å². The Kier molecular flexibility index (Phi) is 6.87. The number of likely N-dealkylation sites (tertiary alicyclic amines) is 1. The van der Waals surface area contributed by atoms with Crippen molar-refractivity contribution >= 4 is 51.1 Å². The van der Waals surface area contributed by atoms with Crippen LogP contribution in [0.3, 0.4) is 0 Å². The molecule has 4 rings (SSSR count). The molecule has 2 aromatic carbocycles. The van der Waals surface area contributed by atoms with Gasteiger partial charge in [-0.1, -0.05) is 18.2 Å². The van der Waals surface area contributed by atoms with Gasteiger partial charge in [-0.25, -0.2) is 23.2 Å². The average Bonchev–Trinajstić information content (AvgIpc) is 2.86. The molecule has 0 bridgehead atoms. The van der Waals surface area contributed by atoms with Crippen molar-refractivity contribution < 1.29 is 18.3 Å². The number of carboxylic acid groups (broad SMARTS) is 1. The number of carbonyl (C=O) groups is 1. The predicted molar refractivity (Wildman–Crippen MR) is 136 cm³/mol. The van der Waals surface area contributed by atoms with Crippen molar-refractivity contribution in [1.29, 1.82) is 0 Å². The molecule has 6 N–H and O–H groups in total. The Hall–Kier alpha value is -4.12. The standard InChI is InChI=1S/C24H26N6O4S/c25-21-8-3-16(13-22(21)26)1-2-17-14-27-23(28-15-17)29-18-4-6-19(7-5-18)35(33,34)20-9-11-30(12-10-20)24(31)32/h1-8,13-15,20H,9-12,25-26H2,(H,31,32)(H,27,28,29)/b2-1+. The lowest BCUT2D eigenvalue weighted by molar-refractivity contribution is 0.136. The summed E-state index contributed by atoms with van der Waals surface area (Å²) < 4.78 is 25.9. The van der Waals surface area contributed by atoms with Gasteiger partial charge in [0.2, 0.25) is 5.95 Å². The lowest BCUT2D eigenvalue weighted by Crippen LogP contribution is -2.41. The number of sulfone groups is 1. The van der Waals surface area contributed by atoms with Crippen molar-refractivity contribution in [3.8, 4) is 0 Å². The van der Waals surface area contributed by atoms with Crippen LogP contribution < -0.4 is 16.8 Å². The molecular formula is C24H26N6O4S. The van der Waals surface area contributed by atoms with Crippen LogP contribution in [-0.2, 0) is 9.84 Å². The zero-order valence-electron chi connectivity index (χ0n) is 18.8. The van der Waals surface area contributed by atoms with Crippen molar-refractivity contribution in [3.05, 3.63) is 66.0 Å². The lowest BCUT2D eigenvalue weighted by atomic mass is 10.1. The van der Waals surface area contributed by atoms with E-state index in [0.717, 1.165) is 11.1 Å². The van der Waals surface area contributed by atoms with Gasteiger partial charge in [-0.3, -0.25) is 0 Å². The van der Waals surface area contributed by atoms with Crippen LogP contribution in [0.1, 0.15) is 24.0 Å². The maximum absolute atomic E-state index is 12.9. The first-order valence-electron chi connectivity index (χ1n) is 11.0. The number of amides is 1. The van der Waals surface area contributed by atoms with E-state index in [2.05, 4.69) is 15.3 Å². The van der Waals surface area contributed by atoms with Crippen LogP contribution >= 0.6 is 0 Å². The van der Waals surface area contributed by atoms with E-state index in [1.54, 1.807) is 36.7 Å². The van der Waals surface area contributed by atoms with Crippen LogP contribution in [0.4, 0.5) is 27.8 Å². The summed E-state index contributed by atoms with van der Waals surface area (Å²) in [6.45, 7) is 0.435. The van der Waals surface area contributed by atoms with E-state index in [4.69, 9.17) is 16.6 Å². The Bertz CT molecular complexity index is 1330. The van der Waals surface area contributed by atoms with E-state index in [1.165, 1.54) is 17.0 Å². The highest BCUT2D eigenvalue weighted by molar-refractivity contribution is 7.92. The van der Waals surface area contributed by atoms with E-state index >= 15 is 0 Å². The maximum Gasteiger partial charge on any atom is 0.407 e. The number of nitrogen functional groups attached to an aromatic ring is 2. The van der Waals surface area contributed by atoms with Gasteiger partial charge in [0.05, 0.1) is 21.5 Å². The molecule has 1 aromatic heterocycles. The summed E-state index contributed by atoms with van der Waals surface area (Å²) in [6.07, 6.45) is 6.62. The molecule has 10 nitrogen and oxygen atoms in total. The first-order valence-corrected chi connectivity index (χ1v) is 12.5. The molecule has 0 atom stereocenters. The van der Waals surface area contributed by atoms with Crippen molar-refractivity contribution in [3.63, 3.8) is 0 Å². The molecule has 0 unspecified atom stereocenters. The van der Waals surface area contributed by atoms with Crippen LogP contribution in [0.25, 0.3) is 12.2 Å². The molecule has 3 aromatic rings. The minimum atomic E-state index is -3.54. The quantitative estimate of drug-likeness (QED) is 0.375. The van der Waals surface area contributed by atoms with Gasteiger partial charge in [0.1, 0.15) is 0 Å². The molecule has 182 valence electrons. The van der Waals surface area contributed by atoms with Gasteiger partial charge < -0.3 is 26.8 Å². The largest absolute Gasteiger partial charge is 0.465 e. The number of rotatable bonds is 6. The number of nitrogens with two attached hydrogens (primary N) is 2.